The molecule has 4 nitrogen and oxygen atoms in total. The molecule has 5 heteroatoms. The zero-order valence-corrected chi connectivity index (χ0v) is 10.7. The highest BCUT2D eigenvalue weighted by atomic mass is 35.5. The number of nitrogens with one attached hydrogen (secondary N) is 1. The van der Waals surface area contributed by atoms with Crippen molar-refractivity contribution in [3.05, 3.63) is 32.8 Å². The number of hydrogen-bond acceptors (Lipinski definition) is 3. The summed E-state index contributed by atoms with van der Waals surface area (Å²) in [5.74, 6) is 0. The molecule has 0 spiro atoms. The van der Waals surface area contributed by atoms with Gasteiger partial charge in [0.2, 0.25) is 0 Å². The van der Waals surface area contributed by atoms with Gasteiger partial charge in [-0.2, -0.15) is 0 Å². The average Bonchev–Trinajstić information content (AvgIpc) is 2.20. The maximum absolute atomic E-state index is 10.7. The number of anilines is 1. The van der Waals surface area contributed by atoms with E-state index in [4.69, 9.17) is 11.6 Å². The lowest BCUT2D eigenvalue weighted by Crippen LogP contribution is -2.41. The van der Waals surface area contributed by atoms with Crippen molar-refractivity contribution in [3.63, 3.8) is 0 Å². The number of nitrogens with zero attached hydrogens (tertiary/aromatic N) is 1. The number of hydrogen-bond donors (Lipinski definition) is 1. The minimum absolute atomic E-state index is 0.0338. The van der Waals surface area contributed by atoms with E-state index in [9.17, 15) is 10.1 Å². The molecule has 1 aliphatic carbocycles. The lowest BCUT2D eigenvalue weighted by atomic mass is 9.78. The van der Waals surface area contributed by atoms with Gasteiger partial charge in [-0.25, -0.2) is 0 Å². The number of nitro benzene ring substituents is 1. The monoisotopic (exact) mass is 254 g/mol. The van der Waals surface area contributed by atoms with E-state index in [1.807, 2.05) is 6.92 Å². The van der Waals surface area contributed by atoms with E-state index in [0.29, 0.717) is 0 Å². The second kappa shape index (κ2) is 4.18. The first kappa shape index (κ1) is 12.2. The van der Waals surface area contributed by atoms with Gasteiger partial charge in [-0.15, -0.1) is 0 Å². The molecule has 0 aromatic heterocycles. The highest BCUT2D eigenvalue weighted by molar-refractivity contribution is 6.33. The molecule has 0 saturated heterocycles. The number of benzene rings is 1. The molecule has 0 unspecified atom stereocenters. The molecule has 0 heterocycles. The van der Waals surface area contributed by atoms with Gasteiger partial charge >= 0.3 is 0 Å². The van der Waals surface area contributed by atoms with Gasteiger partial charge in [-0.1, -0.05) is 11.6 Å². The summed E-state index contributed by atoms with van der Waals surface area (Å²) in [6, 6.07) is 3.17. The third-order valence-corrected chi connectivity index (χ3v) is 3.69. The molecule has 0 amide bonds. The Morgan fingerprint density at radius 2 is 2.12 bits per heavy atom. The second-order valence-corrected chi connectivity index (χ2v) is 5.32. The quantitative estimate of drug-likeness (QED) is 0.657. The smallest absolute Gasteiger partial charge is 0.288 e. The zero-order valence-electron chi connectivity index (χ0n) is 9.92. The van der Waals surface area contributed by atoms with Crippen LogP contribution in [-0.2, 0) is 0 Å². The van der Waals surface area contributed by atoms with Crippen molar-refractivity contribution in [2.24, 2.45) is 0 Å². The van der Waals surface area contributed by atoms with Crippen LogP contribution in [0.25, 0.3) is 0 Å². The SMILES string of the molecule is Cc1cc([N+](=O)[O-])c(Cl)cc1NC1(C)CCC1. The second-order valence-electron chi connectivity index (χ2n) is 4.91. The summed E-state index contributed by atoms with van der Waals surface area (Å²) in [6.07, 6.45) is 3.48. The zero-order chi connectivity index (χ0) is 12.6. The molecule has 2 rings (SSSR count). The number of halogens is 1. The molecule has 1 aromatic rings. The molecule has 0 aliphatic heterocycles. The van der Waals surface area contributed by atoms with Gasteiger partial charge in [-0.3, -0.25) is 10.1 Å². The predicted octanol–water partition coefficient (Wildman–Crippen LogP) is 3.91. The standard InChI is InChI=1S/C12H15ClN2O2/c1-8-6-11(15(16)17)9(13)7-10(8)14-12(2)4-3-5-12/h6-7,14H,3-5H2,1-2H3. The van der Waals surface area contributed by atoms with Gasteiger partial charge in [-0.05, 0) is 44.7 Å². The number of aryl methyl sites for hydroxylation is 1. The van der Waals surface area contributed by atoms with E-state index in [1.165, 1.54) is 12.5 Å². The first-order valence-corrected chi connectivity index (χ1v) is 6.02. The normalized spacial score (nSPS) is 17.4. The van der Waals surface area contributed by atoms with Gasteiger partial charge in [0.05, 0.1) is 4.92 Å². The fourth-order valence-electron chi connectivity index (χ4n) is 2.10. The third-order valence-electron chi connectivity index (χ3n) is 3.38. The Kier molecular flexibility index (Phi) is 3.00. The first-order valence-electron chi connectivity index (χ1n) is 5.64. The van der Waals surface area contributed by atoms with Crippen molar-refractivity contribution in [2.45, 2.75) is 38.6 Å². The number of rotatable bonds is 3. The summed E-state index contributed by atoms with van der Waals surface area (Å²) in [6.45, 7) is 4.01. The maximum Gasteiger partial charge on any atom is 0.288 e. The Morgan fingerprint density at radius 1 is 1.47 bits per heavy atom. The summed E-state index contributed by atoms with van der Waals surface area (Å²) in [7, 11) is 0. The molecule has 1 aliphatic rings. The lowest BCUT2D eigenvalue weighted by Gasteiger charge is -2.40. The van der Waals surface area contributed by atoms with Crippen molar-refractivity contribution in [1.82, 2.24) is 0 Å². The van der Waals surface area contributed by atoms with Gasteiger partial charge in [0, 0.05) is 17.3 Å². The fourth-order valence-corrected chi connectivity index (χ4v) is 2.33. The Hall–Kier alpha value is -1.29. The highest BCUT2D eigenvalue weighted by Crippen LogP contribution is 2.38. The summed E-state index contributed by atoms with van der Waals surface area (Å²) < 4.78 is 0. The molecule has 92 valence electrons. The van der Waals surface area contributed by atoms with Crippen molar-refractivity contribution < 1.29 is 4.92 Å². The van der Waals surface area contributed by atoms with Gasteiger partial charge in [0.15, 0.2) is 0 Å². The van der Waals surface area contributed by atoms with Crippen LogP contribution in [0.3, 0.4) is 0 Å². The molecule has 1 N–H and O–H groups in total. The maximum atomic E-state index is 10.7. The van der Waals surface area contributed by atoms with Crippen molar-refractivity contribution in [1.29, 1.82) is 0 Å². The van der Waals surface area contributed by atoms with Crippen LogP contribution in [0.5, 0.6) is 0 Å². The summed E-state index contributed by atoms with van der Waals surface area (Å²) in [5, 5.41) is 14.3. The Labute approximate surface area is 105 Å². The van der Waals surface area contributed by atoms with Crippen LogP contribution in [-0.4, -0.2) is 10.5 Å². The molecule has 0 bridgehead atoms. The number of nitro groups is 1. The minimum Gasteiger partial charge on any atom is -0.380 e. The molecule has 1 saturated carbocycles. The van der Waals surface area contributed by atoms with E-state index in [1.54, 1.807) is 6.07 Å². The largest absolute Gasteiger partial charge is 0.380 e. The van der Waals surface area contributed by atoms with Crippen molar-refractivity contribution in [3.8, 4) is 0 Å². The third kappa shape index (κ3) is 2.36. The Bertz CT molecular complexity index is 470. The predicted molar refractivity (Wildman–Crippen MR) is 68.7 cm³/mol. The Morgan fingerprint density at radius 3 is 2.59 bits per heavy atom. The molecular formula is C12H15ClN2O2. The van der Waals surface area contributed by atoms with Crippen LogP contribution in [0.1, 0.15) is 31.7 Å². The summed E-state index contributed by atoms with van der Waals surface area (Å²) >= 11 is 5.90. The molecular weight excluding hydrogens is 240 g/mol. The van der Waals surface area contributed by atoms with Gasteiger partial charge in [0.25, 0.3) is 5.69 Å². The van der Waals surface area contributed by atoms with Crippen molar-refractivity contribution >= 4 is 23.0 Å². The topological polar surface area (TPSA) is 55.2 Å². The van der Waals surface area contributed by atoms with Crippen LogP contribution in [0.15, 0.2) is 12.1 Å². The molecule has 17 heavy (non-hydrogen) atoms. The van der Waals surface area contributed by atoms with E-state index < -0.39 is 4.92 Å². The average molecular weight is 255 g/mol. The molecule has 0 atom stereocenters. The minimum atomic E-state index is -0.454. The van der Waals surface area contributed by atoms with Crippen LogP contribution in [0.2, 0.25) is 5.02 Å². The van der Waals surface area contributed by atoms with E-state index in [2.05, 4.69) is 12.2 Å². The van der Waals surface area contributed by atoms with E-state index in [0.717, 1.165) is 24.1 Å². The highest BCUT2D eigenvalue weighted by Gasteiger charge is 2.32. The molecule has 1 aromatic carbocycles. The van der Waals surface area contributed by atoms with Crippen LogP contribution in [0.4, 0.5) is 11.4 Å². The summed E-state index contributed by atoms with van der Waals surface area (Å²) in [5.41, 5.74) is 1.83. The first-order chi connectivity index (χ1) is 7.91. The fraction of sp³-hybridized carbons (Fsp3) is 0.500. The van der Waals surface area contributed by atoms with Crippen LogP contribution < -0.4 is 5.32 Å². The van der Waals surface area contributed by atoms with Crippen LogP contribution in [0, 0.1) is 17.0 Å². The molecule has 0 radical (unpaired) electrons. The van der Waals surface area contributed by atoms with Crippen molar-refractivity contribution in [2.75, 3.05) is 5.32 Å². The Balaban J connectivity index is 2.30. The van der Waals surface area contributed by atoms with Gasteiger partial charge < -0.3 is 5.32 Å². The lowest BCUT2D eigenvalue weighted by molar-refractivity contribution is -0.384. The van der Waals surface area contributed by atoms with E-state index in [-0.39, 0.29) is 16.2 Å². The van der Waals surface area contributed by atoms with Gasteiger partial charge in [0.1, 0.15) is 5.02 Å². The van der Waals surface area contributed by atoms with Crippen LogP contribution >= 0.6 is 11.6 Å². The summed E-state index contributed by atoms with van der Waals surface area (Å²) in [4.78, 5) is 10.3. The van der Waals surface area contributed by atoms with E-state index >= 15 is 0 Å². The molecule has 1 fully saturated rings.